The normalized spacial score (nSPS) is 26.3. The zero-order chi connectivity index (χ0) is 20.4. The topological polar surface area (TPSA) is 82.5 Å². The van der Waals surface area contributed by atoms with Crippen LogP contribution < -0.4 is 5.32 Å². The molecule has 2 aliphatic rings. The fourth-order valence-electron chi connectivity index (χ4n) is 4.91. The van der Waals surface area contributed by atoms with Crippen LogP contribution in [0.15, 0.2) is 48.7 Å². The Balaban J connectivity index is 1.30. The van der Waals surface area contributed by atoms with Crippen molar-refractivity contribution >= 4 is 17.5 Å². The highest BCUT2D eigenvalue weighted by molar-refractivity contribution is 5.97. The number of fused-ring (bicyclic) bond motifs is 1. The minimum absolute atomic E-state index is 0.0337. The largest absolute Gasteiger partial charge is 0.390 e. The predicted molar refractivity (Wildman–Crippen MR) is 111 cm³/mol. The monoisotopic (exact) mass is 393 g/mol. The number of carbonyl (C=O) groups is 2. The van der Waals surface area contributed by atoms with Crippen molar-refractivity contribution in [3.63, 3.8) is 0 Å². The number of likely N-dealkylation sites (tertiary alicyclic amines) is 1. The van der Waals surface area contributed by atoms with Crippen LogP contribution >= 0.6 is 0 Å². The maximum absolute atomic E-state index is 12.6. The summed E-state index contributed by atoms with van der Waals surface area (Å²) in [5, 5.41) is 13.7. The third kappa shape index (κ3) is 4.71. The van der Waals surface area contributed by atoms with Crippen LogP contribution in [0.3, 0.4) is 0 Å². The Labute approximate surface area is 171 Å². The maximum atomic E-state index is 12.6. The van der Waals surface area contributed by atoms with Crippen LogP contribution in [0.4, 0.5) is 5.82 Å². The first-order valence-electron chi connectivity index (χ1n) is 10.2. The molecule has 1 saturated carbocycles. The van der Waals surface area contributed by atoms with E-state index in [0.29, 0.717) is 36.2 Å². The van der Waals surface area contributed by atoms with Gasteiger partial charge in [0.15, 0.2) is 5.78 Å². The first kappa shape index (κ1) is 19.7. The lowest BCUT2D eigenvalue weighted by Gasteiger charge is -2.26. The summed E-state index contributed by atoms with van der Waals surface area (Å²) >= 11 is 0. The SMILES string of the molecule is CC(=O)Nc1ccc(C(=O)CN2C[C@@H]3CC(O)(Cc4ccccc4)C[C@@H]3C2)cn1. The van der Waals surface area contributed by atoms with Crippen molar-refractivity contribution in [2.24, 2.45) is 11.8 Å². The Kier molecular flexibility index (Phi) is 5.48. The first-order valence-corrected chi connectivity index (χ1v) is 10.2. The van der Waals surface area contributed by atoms with Crippen molar-refractivity contribution in [2.45, 2.75) is 31.8 Å². The molecular formula is C23H27N3O3. The minimum atomic E-state index is -0.629. The number of benzene rings is 1. The smallest absolute Gasteiger partial charge is 0.222 e. The average Bonchev–Trinajstić information content (AvgIpc) is 3.16. The molecule has 0 spiro atoms. The van der Waals surface area contributed by atoms with Crippen LogP contribution in [0.1, 0.15) is 35.7 Å². The second kappa shape index (κ2) is 8.05. The number of hydrogen-bond donors (Lipinski definition) is 2. The molecule has 1 aromatic heterocycles. The fourth-order valence-corrected chi connectivity index (χ4v) is 4.91. The molecular weight excluding hydrogens is 366 g/mol. The van der Waals surface area contributed by atoms with E-state index in [0.717, 1.165) is 25.9 Å². The zero-order valence-electron chi connectivity index (χ0n) is 16.7. The Bertz CT molecular complexity index is 868. The molecule has 2 fully saturated rings. The number of aromatic nitrogens is 1. The Morgan fingerprint density at radius 1 is 1.14 bits per heavy atom. The summed E-state index contributed by atoms with van der Waals surface area (Å²) in [6, 6.07) is 13.5. The van der Waals surface area contributed by atoms with Gasteiger partial charge in [-0.15, -0.1) is 0 Å². The van der Waals surface area contributed by atoms with E-state index in [4.69, 9.17) is 0 Å². The van der Waals surface area contributed by atoms with Crippen LogP contribution in [0, 0.1) is 11.8 Å². The molecule has 1 aliphatic carbocycles. The number of rotatable bonds is 6. The van der Waals surface area contributed by atoms with E-state index in [1.807, 2.05) is 18.2 Å². The third-order valence-electron chi connectivity index (χ3n) is 6.07. The number of carbonyl (C=O) groups excluding carboxylic acids is 2. The minimum Gasteiger partial charge on any atom is -0.390 e. The lowest BCUT2D eigenvalue weighted by molar-refractivity contribution is -0.114. The summed E-state index contributed by atoms with van der Waals surface area (Å²) in [5.41, 5.74) is 1.10. The fraction of sp³-hybridized carbons (Fsp3) is 0.435. The van der Waals surface area contributed by atoms with E-state index in [9.17, 15) is 14.7 Å². The highest BCUT2D eigenvalue weighted by atomic mass is 16.3. The van der Waals surface area contributed by atoms with Crippen molar-refractivity contribution in [1.29, 1.82) is 0 Å². The van der Waals surface area contributed by atoms with Crippen LogP contribution in [0.5, 0.6) is 0 Å². The van der Waals surface area contributed by atoms with E-state index < -0.39 is 5.60 Å². The first-order chi connectivity index (χ1) is 13.9. The summed E-state index contributed by atoms with van der Waals surface area (Å²) in [6.07, 6.45) is 3.81. The van der Waals surface area contributed by atoms with Gasteiger partial charge in [0.25, 0.3) is 0 Å². The summed E-state index contributed by atoms with van der Waals surface area (Å²) in [7, 11) is 0. The standard InChI is InChI=1S/C23H27N3O3/c1-16(27)25-22-8-7-18(12-24-22)21(28)15-26-13-19-10-23(29,11-20(19)14-26)9-17-5-3-2-4-6-17/h2-8,12,19-20,29H,9-11,13-15H2,1H3,(H,24,25,27)/t19-,20+,23?. The van der Waals surface area contributed by atoms with Gasteiger partial charge in [-0.2, -0.15) is 0 Å². The quantitative estimate of drug-likeness (QED) is 0.737. The zero-order valence-corrected chi connectivity index (χ0v) is 16.7. The maximum Gasteiger partial charge on any atom is 0.222 e. The highest BCUT2D eigenvalue weighted by Crippen LogP contribution is 2.45. The molecule has 0 radical (unpaired) electrons. The van der Waals surface area contributed by atoms with Gasteiger partial charge in [-0.3, -0.25) is 14.5 Å². The number of nitrogens with one attached hydrogen (secondary N) is 1. The molecule has 152 valence electrons. The second-order valence-electron chi connectivity index (χ2n) is 8.55. The molecule has 2 N–H and O–H groups in total. The van der Waals surface area contributed by atoms with Crippen LogP contribution in [0.2, 0.25) is 0 Å². The summed E-state index contributed by atoms with van der Waals surface area (Å²) in [5.74, 6) is 1.18. The van der Waals surface area contributed by atoms with Crippen molar-refractivity contribution in [3.8, 4) is 0 Å². The highest BCUT2D eigenvalue weighted by Gasteiger charge is 2.48. The van der Waals surface area contributed by atoms with E-state index in [2.05, 4.69) is 27.3 Å². The van der Waals surface area contributed by atoms with Gasteiger partial charge in [-0.1, -0.05) is 30.3 Å². The number of anilines is 1. The molecule has 29 heavy (non-hydrogen) atoms. The van der Waals surface area contributed by atoms with E-state index in [1.54, 1.807) is 12.1 Å². The summed E-state index contributed by atoms with van der Waals surface area (Å²) in [6.45, 7) is 3.49. The van der Waals surface area contributed by atoms with Crippen molar-refractivity contribution in [3.05, 3.63) is 59.8 Å². The van der Waals surface area contributed by atoms with E-state index in [-0.39, 0.29) is 11.7 Å². The van der Waals surface area contributed by atoms with E-state index in [1.165, 1.54) is 18.7 Å². The molecule has 1 saturated heterocycles. The Hall–Kier alpha value is -2.57. The van der Waals surface area contributed by atoms with Gasteiger partial charge in [0, 0.05) is 38.2 Å². The van der Waals surface area contributed by atoms with Crippen LogP contribution in [0.25, 0.3) is 0 Å². The summed E-state index contributed by atoms with van der Waals surface area (Å²) in [4.78, 5) is 30.0. The van der Waals surface area contributed by atoms with E-state index >= 15 is 0 Å². The average molecular weight is 393 g/mol. The molecule has 1 amide bonds. The molecule has 1 unspecified atom stereocenters. The number of aliphatic hydroxyl groups is 1. The molecule has 3 atom stereocenters. The third-order valence-corrected chi connectivity index (χ3v) is 6.07. The van der Waals surface area contributed by atoms with Gasteiger partial charge in [0.05, 0.1) is 12.1 Å². The van der Waals surface area contributed by atoms with Crippen molar-refractivity contribution in [1.82, 2.24) is 9.88 Å². The molecule has 2 aromatic rings. The van der Waals surface area contributed by atoms with Crippen LogP contribution in [-0.2, 0) is 11.2 Å². The number of Topliss-reactive ketones (excluding diaryl/α,β-unsaturated/α-hetero) is 1. The van der Waals surface area contributed by atoms with Gasteiger partial charge < -0.3 is 10.4 Å². The van der Waals surface area contributed by atoms with Crippen molar-refractivity contribution in [2.75, 3.05) is 25.0 Å². The molecule has 6 nitrogen and oxygen atoms in total. The van der Waals surface area contributed by atoms with Gasteiger partial charge in [-0.25, -0.2) is 4.98 Å². The lowest BCUT2D eigenvalue weighted by atomic mass is 9.91. The summed E-state index contributed by atoms with van der Waals surface area (Å²) < 4.78 is 0. The van der Waals surface area contributed by atoms with Crippen LogP contribution in [-0.4, -0.2) is 51.9 Å². The number of nitrogens with zero attached hydrogens (tertiary/aromatic N) is 2. The van der Waals surface area contributed by atoms with Gasteiger partial charge in [0.2, 0.25) is 5.91 Å². The molecule has 4 rings (SSSR count). The second-order valence-corrected chi connectivity index (χ2v) is 8.55. The predicted octanol–water partition coefficient (Wildman–Crippen LogP) is 2.54. The molecule has 2 heterocycles. The molecule has 6 heteroatoms. The molecule has 1 aliphatic heterocycles. The number of amides is 1. The molecule has 0 bridgehead atoms. The van der Waals surface area contributed by atoms with Gasteiger partial charge >= 0.3 is 0 Å². The molecule has 1 aromatic carbocycles. The van der Waals surface area contributed by atoms with Gasteiger partial charge in [-0.05, 0) is 42.4 Å². The number of hydrogen-bond acceptors (Lipinski definition) is 5. The Morgan fingerprint density at radius 3 is 2.41 bits per heavy atom. The van der Waals surface area contributed by atoms with Gasteiger partial charge in [0.1, 0.15) is 5.82 Å². The lowest BCUT2D eigenvalue weighted by Crippen LogP contribution is -2.34. The van der Waals surface area contributed by atoms with Crippen molar-refractivity contribution < 1.29 is 14.7 Å². The number of pyridine rings is 1. The Morgan fingerprint density at radius 2 is 1.83 bits per heavy atom. The number of ketones is 1.